The lowest BCUT2D eigenvalue weighted by molar-refractivity contribution is 0.106. The fraction of sp³-hybridized carbons (Fsp3) is 0.389. The topological polar surface area (TPSA) is 76.6 Å². The van der Waals surface area contributed by atoms with Crippen LogP contribution in [0, 0.1) is 0 Å². The summed E-state index contributed by atoms with van der Waals surface area (Å²) in [5.41, 5.74) is 1.04. The molecule has 0 spiro atoms. The fourth-order valence-electron chi connectivity index (χ4n) is 2.73. The number of nitrogens with zero attached hydrogens (tertiary/aromatic N) is 3. The first kappa shape index (κ1) is 17.0. The average Bonchev–Trinajstić information content (AvgIpc) is 2.68. The molecule has 0 aliphatic carbocycles. The van der Waals surface area contributed by atoms with Crippen LogP contribution in [0.15, 0.2) is 42.6 Å². The van der Waals surface area contributed by atoms with E-state index in [2.05, 4.69) is 15.5 Å². The minimum atomic E-state index is -0.0474. The van der Waals surface area contributed by atoms with Crippen molar-refractivity contribution in [2.75, 3.05) is 20.2 Å². The summed E-state index contributed by atoms with van der Waals surface area (Å²) in [6, 6.07) is 11.2. The van der Waals surface area contributed by atoms with Crippen molar-refractivity contribution in [3.05, 3.63) is 48.2 Å². The molecule has 0 unspecified atom stereocenters. The van der Waals surface area contributed by atoms with Gasteiger partial charge in [-0.15, -0.1) is 5.10 Å². The standard InChI is InChI=1S/C18H22N4O3/c1-24-15-6-4-14(5-7-15)13-19-18(23)22-11-8-16(9-12-22)25-17-3-2-10-20-21-17/h2-7,10,16H,8-9,11-13H2,1H3,(H,19,23). The second-order valence-corrected chi connectivity index (χ2v) is 5.87. The lowest BCUT2D eigenvalue weighted by Gasteiger charge is -2.31. The molecule has 0 saturated carbocycles. The molecule has 2 heterocycles. The van der Waals surface area contributed by atoms with Gasteiger partial charge in [0.2, 0.25) is 5.88 Å². The number of carbonyl (C=O) groups excluding carboxylic acids is 1. The molecule has 1 saturated heterocycles. The van der Waals surface area contributed by atoms with Crippen molar-refractivity contribution in [2.24, 2.45) is 0 Å². The predicted octanol–water partition coefficient (Wildman–Crippen LogP) is 2.24. The molecule has 1 aromatic carbocycles. The maximum atomic E-state index is 12.3. The van der Waals surface area contributed by atoms with Crippen molar-refractivity contribution < 1.29 is 14.3 Å². The lowest BCUT2D eigenvalue weighted by Crippen LogP contribution is -2.46. The molecule has 7 nitrogen and oxygen atoms in total. The normalized spacial score (nSPS) is 14.8. The number of urea groups is 1. The van der Waals surface area contributed by atoms with Gasteiger partial charge in [-0.25, -0.2) is 4.79 Å². The molecule has 7 heteroatoms. The second-order valence-electron chi connectivity index (χ2n) is 5.87. The molecule has 0 radical (unpaired) electrons. The summed E-state index contributed by atoms with van der Waals surface area (Å²) in [4.78, 5) is 14.1. The van der Waals surface area contributed by atoms with Crippen molar-refractivity contribution in [2.45, 2.75) is 25.5 Å². The monoisotopic (exact) mass is 342 g/mol. The summed E-state index contributed by atoms with van der Waals surface area (Å²) < 4.78 is 10.9. The molecule has 1 aromatic heterocycles. The minimum absolute atomic E-state index is 0.0474. The van der Waals surface area contributed by atoms with Crippen LogP contribution in [0.2, 0.25) is 0 Å². The van der Waals surface area contributed by atoms with E-state index in [1.54, 1.807) is 25.4 Å². The first-order valence-electron chi connectivity index (χ1n) is 8.34. The molecule has 25 heavy (non-hydrogen) atoms. The maximum Gasteiger partial charge on any atom is 0.317 e. The molecular weight excluding hydrogens is 320 g/mol. The third-order valence-corrected chi connectivity index (χ3v) is 4.17. The zero-order valence-corrected chi connectivity index (χ0v) is 14.2. The Morgan fingerprint density at radius 2 is 2.00 bits per heavy atom. The Hall–Kier alpha value is -2.83. The molecule has 132 valence electrons. The highest BCUT2D eigenvalue weighted by Crippen LogP contribution is 2.17. The van der Waals surface area contributed by atoms with Gasteiger partial charge in [-0.3, -0.25) is 0 Å². The number of rotatable bonds is 5. The Kier molecular flexibility index (Phi) is 5.66. The second kappa shape index (κ2) is 8.32. The maximum absolute atomic E-state index is 12.3. The van der Waals surface area contributed by atoms with Crippen LogP contribution in [0.3, 0.4) is 0 Å². The van der Waals surface area contributed by atoms with Gasteiger partial charge in [0, 0.05) is 44.7 Å². The van der Waals surface area contributed by atoms with Crippen LogP contribution in [-0.2, 0) is 6.54 Å². The highest BCUT2D eigenvalue weighted by atomic mass is 16.5. The van der Waals surface area contributed by atoms with E-state index in [-0.39, 0.29) is 12.1 Å². The highest BCUT2D eigenvalue weighted by molar-refractivity contribution is 5.74. The zero-order chi connectivity index (χ0) is 17.5. The van der Waals surface area contributed by atoms with Crippen molar-refractivity contribution in [1.82, 2.24) is 20.4 Å². The number of hydrogen-bond donors (Lipinski definition) is 1. The first-order chi connectivity index (χ1) is 12.2. The number of likely N-dealkylation sites (tertiary alicyclic amines) is 1. The predicted molar refractivity (Wildman–Crippen MR) is 92.5 cm³/mol. The molecule has 2 amide bonds. The van der Waals surface area contributed by atoms with Crippen LogP contribution >= 0.6 is 0 Å². The Morgan fingerprint density at radius 3 is 2.64 bits per heavy atom. The average molecular weight is 342 g/mol. The number of aromatic nitrogens is 2. The summed E-state index contributed by atoms with van der Waals surface area (Å²) in [7, 11) is 1.63. The Balaban J connectivity index is 1.41. The van der Waals surface area contributed by atoms with Crippen molar-refractivity contribution in [3.8, 4) is 11.6 Å². The number of methoxy groups -OCH3 is 1. The van der Waals surface area contributed by atoms with E-state index in [0.717, 1.165) is 24.2 Å². The van der Waals surface area contributed by atoms with Gasteiger partial charge in [-0.05, 0) is 23.8 Å². The molecule has 3 rings (SSSR count). The molecule has 1 N–H and O–H groups in total. The number of nitrogens with one attached hydrogen (secondary N) is 1. The van der Waals surface area contributed by atoms with Gasteiger partial charge in [0.25, 0.3) is 0 Å². The molecular formula is C18H22N4O3. The third kappa shape index (κ3) is 4.82. The van der Waals surface area contributed by atoms with Gasteiger partial charge < -0.3 is 19.7 Å². The molecule has 0 atom stereocenters. The Morgan fingerprint density at radius 1 is 1.24 bits per heavy atom. The van der Waals surface area contributed by atoms with Gasteiger partial charge >= 0.3 is 6.03 Å². The van der Waals surface area contributed by atoms with Gasteiger partial charge in [0.15, 0.2) is 0 Å². The molecule has 1 fully saturated rings. The molecule has 2 aromatic rings. The van der Waals surface area contributed by atoms with Crippen LogP contribution in [0.25, 0.3) is 0 Å². The lowest BCUT2D eigenvalue weighted by atomic mass is 10.1. The van der Waals surface area contributed by atoms with Crippen molar-refractivity contribution in [1.29, 1.82) is 0 Å². The van der Waals surface area contributed by atoms with Crippen LogP contribution in [0.1, 0.15) is 18.4 Å². The van der Waals surface area contributed by atoms with Gasteiger partial charge in [-0.1, -0.05) is 12.1 Å². The summed E-state index contributed by atoms with van der Waals surface area (Å²) in [6.45, 7) is 1.83. The largest absolute Gasteiger partial charge is 0.497 e. The number of carbonyl (C=O) groups is 1. The molecule has 1 aliphatic rings. The van der Waals surface area contributed by atoms with Gasteiger partial charge in [0.1, 0.15) is 11.9 Å². The zero-order valence-electron chi connectivity index (χ0n) is 14.2. The first-order valence-corrected chi connectivity index (χ1v) is 8.34. The summed E-state index contributed by atoms with van der Waals surface area (Å²) >= 11 is 0. The molecule has 1 aliphatic heterocycles. The van der Waals surface area contributed by atoms with Crippen LogP contribution in [0.5, 0.6) is 11.6 Å². The van der Waals surface area contributed by atoms with E-state index < -0.39 is 0 Å². The molecule has 0 bridgehead atoms. The fourth-order valence-corrected chi connectivity index (χ4v) is 2.73. The highest BCUT2D eigenvalue weighted by Gasteiger charge is 2.24. The van der Waals surface area contributed by atoms with Crippen LogP contribution in [-0.4, -0.2) is 47.4 Å². The summed E-state index contributed by atoms with van der Waals surface area (Å²) in [5, 5.41) is 10.7. The number of hydrogen-bond acceptors (Lipinski definition) is 5. The summed E-state index contributed by atoms with van der Waals surface area (Å²) in [6.07, 6.45) is 3.25. The van der Waals surface area contributed by atoms with Crippen molar-refractivity contribution in [3.63, 3.8) is 0 Å². The minimum Gasteiger partial charge on any atom is -0.497 e. The number of piperidine rings is 1. The van der Waals surface area contributed by atoms with Crippen molar-refractivity contribution >= 4 is 6.03 Å². The number of benzene rings is 1. The van der Waals surface area contributed by atoms with Crippen LogP contribution in [0.4, 0.5) is 4.79 Å². The quantitative estimate of drug-likeness (QED) is 0.902. The van der Waals surface area contributed by atoms with E-state index in [9.17, 15) is 4.79 Å². The SMILES string of the molecule is COc1ccc(CNC(=O)N2CCC(Oc3cccnn3)CC2)cc1. The smallest absolute Gasteiger partial charge is 0.317 e. The van der Waals surface area contributed by atoms with E-state index in [1.807, 2.05) is 29.2 Å². The van der Waals surface area contributed by atoms with E-state index in [1.165, 1.54) is 0 Å². The van der Waals surface area contributed by atoms with Gasteiger partial charge in [-0.2, -0.15) is 5.10 Å². The van der Waals surface area contributed by atoms with Gasteiger partial charge in [0.05, 0.1) is 7.11 Å². The van der Waals surface area contributed by atoms with E-state index in [4.69, 9.17) is 9.47 Å². The van der Waals surface area contributed by atoms with Crippen LogP contribution < -0.4 is 14.8 Å². The third-order valence-electron chi connectivity index (χ3n) is 4.17. The van der Waals surface area contributed by atoms with E-state index in [0.29, 0.717) is 25.5 Å². The Bertz CT molecular complexity index is 670. The Labute approximate surface area is 147 Å². The summed E-state index contributed by atoms with van der Waals surface area (Å²) in [5.74, 6) is 1.34. The van der Waals surface area contributed by atoms with E-state index >= 15 is 0 Å². The number of ether oxygens (including phenoxy) is 2. The number of amides is 2.